The highest BCUT2D eigenvalue weighted by Gasteiger charge is 2.34. The van der Waals surface area contributed by atoms with E-state index in [4.69, 9.17) is 4.18 Å². The maximum atomic E-state index is 12.1. The molecule has 0 unspecified atom stereocenters. The summed E-state index contributed by atoms with van der Waals surface area (Å²) in [5.41, 5.74) is 0.970. The minimum Gasteiger partial charge on any atom is -0.468 e. The number of benzene rings is 1. The maximum Gasteiger partial charge on any atom is 0.322 e. The van der Waals surface area contributed by atoms with Crippen molar-refractivity contribution in [3.05, 3.63) is 29.8 Å². The average molecular weight is 299 g/mol. The molecular weight excluding hydrogens is 282 g/mol. The van der Waals surface area contributed by atoms with Gasteiger partial charge in [0.1, 0.15) is 6.04 Å². The van der Waals surface area contributed by atoms with Crippen molar-refractivity contribution in [2.24, 2.45) is 0 Å². The van der Waals surface area contributed by atoms with Crippen molar-refractivity contribution in [2.75, 3.05) is 13.7 Å². The van der Waals surface area contributed by atoms with Crippen molar-refractivity contribution < 1.29 is 22.1 Å². The Kier molecular flexibility index (Phi) is 4.42. The summed E-state index contributed by atoms with van der Waals surface area (Å²) in [5, 5.41) is 2.88. The van der Waals surface area contributed by atoms with E-state index in [-0.39, 0.29) is 11.3 Å². The van der Waals surface area contributed by atoms with Crippen LogP contribution in [0.5, 0.6) is 0 Å². The van der Waals surface area contributed by atoms with Gasteiger partial charge in [0.2, 0.25) is 0 Å². The van der Waals surface area contributed by atoms with E-state index in [2.05, 4.69) is 10.1 Å². The fraction of sp³-hybridized carbons (Fsp3) is 0.462. The monoisotopic (exact) mass is 299 g/mol. The summed E-state index contributed by atoms with van der Waals surface area (Å²) in [5.74, 6) is -0.413. The third-order valence-corrected chi connectivity index (χ3v) is 4.52. The summed E-state index contributed by atoms with van der Waals surface area (Å²) >= 11 is 0. The molecule has 1 aliphatic rings. The summed E-state index contributed by atoms with van der Waals surface area (Å²) in [6.45, 7) is 2.17. The predicted octanol–water partition coefficient (Wildman–Crippen LogP) is 0.604. The number of aryl methyl sites for hydroxylation is 1. The first-order valence-electron chi connectivity index (χ1n) is 6.23. The van der Waals surface area contributed by atoms with Gasteiger partial charge in [-0.05, 0) is 19.1 Å². The van der Waals surface area contributed by atoms with Gasteiger partial charge in [0.05, 0.1) is 18.1 Å². The molecule has 20 heavy (non-hydrogen) atoms. The Bertz CT molecular complexity index is 581. The van der Waals surface area contributed by atoms with E-state index in [0.29, 0.717) is 6.54 Å². The van der Waals surface area contributed by atoms with E-state index in [1.807, 2.05) is 6.92 Å². The lowest BCUT2D eigenvalue weighted by Crippen LogP contribution is -2.31. The van der Waals surface area contributed by atoms with Crippen LogP contribution in [0.1, 0.15) is 12.0 Å². The lowest BCUT2D eigenvalue weighted by molar-refractivity contribution is -0.142. The van der Waals surface area contributed by atoms with Gasteiger partial charge in [-0.25, -0.2) is 0 Å². The van der Waals surface area contributed by atoms with Crippen molar-refractivity contribution in [1.82, 2.24) is 5.32 Å². The zero-order valence-electron chi connectivity index (χ0n) is 11.3. The van der Waals surface area contributed by atoms with Gasteiger partial charge in [-0.15, -0.1) is 0 Å². The number of rotatable bonds is 4. The minimum atomic E-state index is -3.81. The lowest BCUT2D eigenvalue weighted by atomic mass is 10.2. The molecule has 2 rings (SSSR count). The average Bonchev–Trinajstić information content (AvgIpc) is 2.86. The van der Waals surface area contributed by atoms with Gasteiger partial charge >= 0.3 is 5.97 Å². The molecule has 1 saturated heterocycles. The van der Waals surface area contributed by atoms with Crippen LogP contribution in [0.3, 0.4) is 0 Å². The maximum absolute atomic E-state index is 12.1. The first kappa shape index (κ1) is 15.0. The summed E-state index contributed by atoms with van der Waals surface area (Å²) in [7, 11) is -2.52. The first-order valence-corrected chi connectivity index (χ1v) is 7.64. The van der Waals surface area contributed by atoms with Crippen molar-refractivity contribution in [2.45, 2.75) is 30.4 Å². The van der Waals surface area contributed by atoms with Gasteiger partial charge < -0.3 is 10.1 Å². The number of carbonyl (C=O) groups excluding carboxylic acids is 1. The Morgan fingerprint density at radius 2 is 1.95 bits per heavy atom. The van der Waals surface area contributed by atoms with E-state index in [9.17, 15) is 13.2 Å². The highest BCUT2D eigenvalue weighted by molar-refractivity contribution is 7.86. The van der Waals surface area contributed by atoms with Crippen LogP contribution in [-0.4, -0.2) is 40.2 Å². The summed E-state index contributed by atoms with van der Waals surface area (Å²) in [6.07, 6.45) is -0.289. The molecule has 2 atom stereocenters. The number of carbonyl (C=O) groups is 1. The quantitative estimate of drug-likeness (QED) is 0.648. The number of ether oxygens (including phenoxy) is 1. The normalized spacial score (nSPS) is 22.7. The summed E-state index contributed by atoms with van der Waals surface area (Å²) < 4.78 is 33.9. The first-order chi connectivity index (χ1) is 9.42. The van der Waals surface area contributed by atoms with Crippen LogP contribution in [0, 0.1) is 6.92 Å². The second-order valence-corrected chi connectivity index (χ2v) is 6.28. The van der Waals surface area contributed by atoms with Crippen molar-refractivity contribution in [3.63, 3.8) is 0 Å². The largest absolute Gasteiger partial charge is 0.468 e. The molecule has 0 spiro atoms. The SMILES string of the molecule is COC(=O)[C@@H]1C[C@@H](OS(=O)(=O)c2ccc(C)cc2)CN1. The fourth-order valence-corrected chi connectivity index (χ4v) is 3.12. The lowest BCUT2D eigenvalue weighted by Gasteiger charge is -2.11. The molecule has 1 N–H and O–H groups in total. The molecule has 0 radical (unpaired) electrons. The van der Waals surface area contributed by atoms with Gasteiger partial charge in [-0.2, -0.15) is 8.42 Å². The third kappa shape index (κ3) is 3.36. The molecule has 1 aliphatic heterocycles. The molecule has 0 aromatic heterocycles. The number of hydrogen-bond acceptors (Lipinski definition) is 6. The van der Waals surface area contributed by atoms with Crippen LogP contribution in [-0.2, 0) is 23.8 Å². The molecule has 110 valence electrons. The molecule has 0 aliphatic carbocycles. The van der Waals surface area contributed by atoms with Crippen LogP contribution in [0.25, 0.3) is 0 Å². The predicted molar refractivity (Wildman–Crippen MR) is 71.7 cm³/mol. The summed E-state index contributed by atoms with van der Waals surface area (Å²) in [4.78, 5) is 11.5. The van der Waals surface area contributed by atoms with Crippen molar-refractivity contribution in [1.29, 1.82) is 0 Å². The van der Waals surface area contributed by atoms with Crippen molar-refractivity contribution >= 4 is 16.1 Å². The van der Waals surface area contributed by atoms with Crippen LogP contribution < -0.4 is 5.32 Å². The molecule has 6 nitrogen and oxygen atoms in total. The smallest absolute Gasteiger partial charge is 0.322 e. The van der Waals surface area contributed by atoms with Crippen LogP contribution >= 0.6 is 0 Å². The van der Waals surface area contributed by atoms with E-state index >= 15 is 0 Å². The Hall–Kier alpha value is -1.44. The Morgan fingerprint density at radius 1 is 1.30 bits per heavy atom. The highest BCUT2D eigenvalue weighted by Crippen LogP contribution is 2.19. The second kappa shape index (κ2) is 5.90. The van der Waals surface area contributed by atoms with Gasteiger partial charge in [-0.3, -0.25) is 8.98 Å². The molecule has 1 heterocycles. The zero-order chi connectivity index (χ0) is 14.8. The van der Waals surface area contributed by atoms with Crippen LogP contribution in [0.15, 0.2) is 29.2 Å². The zero-order valence-corrected chi connectivity index (χ0v) is 12.1. The number of methoxy groups -OCH3 is 1. The van der Waals surface area contributed by atoms with Crippen LogP contribution in [0.4, 0.5) is 0 Å². The molecule has 1 aromatic rings. The molecular formula is C13H17NO5S. The third-order valence-electron chi connectivity index (χ3n) is 3.15. The Balaban J connectivity index is 2.03. The fourth-order valence-electron chi connectivity index (χ4n) is 2.04. The Labute approximate surface area is 118 Å². The molecule has 1 fully saturated rings. The topological polar surface area (TPSA) is 81.7 Å². The van der Waals surface area contributed by atoms with E-state index in [1.165, 1.54) is 19.2 Å². The van der Waals surface area contributed by atoms with Gasteiger partial charge in [0, 0.05) is 13.0 Å². The Morgan fingerprint density at radius 3 is 2.55 bits per heavy atom. The second-order valence-electron chi connectivity index (χ2n) is 4.71. The van der Waals surface area contributed by atoms with Crippen molar-refractivity contribution in [3.8, 4) is 0 Å². The molecule has 1 aromatic carbocycles. The molecule has 7 heteroatoms. The molecule has 0 bridgehead atoms. The van der Waals surface area contributed by atoms with E-state index in [0.717, 1.165) is 5.56 Å². The minimum absolute atomic E-state index is 0.115. The molecule has 0 saturated carbocycles. The van der Waals surface area contributed by atoms with Crippen LogP contribution in [0.2, 0.25) is 0 Å². The van der Waals surface area contributed by atoms with E-state index in [1.54, 1.807) is 12.1 Å². The highest BCUT2D eigenvalue weighted by atomic mass is 32.2. The summed E-state index contributed by atoms with van der Waals surface area (Å²) in [6, 6.07) is 5.91. The van der Waals surface area contributed by atoms with Gasteiger partial charge in [-0.1, -0.05) is 17.7 Å². The molecule has 0 amide bonds. The van der Waals surface area contributed by atoms with Gasteiger partial charge in [0.15, 0.2) is 0 Å². The standard InChI is InChI=1S/C13H17NO5S/c1-9-3-5-11(6-4-9)20(16,17)19-10-7-12(14-8-10)13(15)18-2/h3-6,10,12,14H,7-8H2,1-2H3/t10-,12+/m1/s1. The number of esters is 1. The van der Waals surface area contributed by atoms with Gasteiger partial charge in [0.25, 0.3) is 10.1 Å². The van der Waals surface area contributed by atoms with E-state index < -0.39 is 28.2 Å². The number of hydrogen-bond donors (Lipinski definition) is 1. The number of nitrogens with one attached hydrogen (secondary N) is 1.